The molecule has 1 atom stereocenters. The van der Waals surface area contributed by atoms with E-state index < -0.39 is 5.60 Å². The number of nitrogens with zero attached hydrogens (tertiary/aromatic N) is 3. The molecular weight excluding hydrogens is 482 g/mol. The first-order chi connectivity index (χ1) is 18.0. The van der Waals surface area contributed by atoms with Gasteiger partial charge in [-0.2, -0.15) is 0 Å². The zero-order chi connectivity index (χ0) is 27.9. The topological polar surface area (TPSA) is 71.6 Å². The highest BCUT2D eigenvalue weighted by molar-refractivity contribution is 6.05. The van der Waals surface area contributed by atoms with Gasteiger partial charge >= 0.3 is 6.09 Å². The first kappa shape index (κ1) is 29.3. The molecule has 0 spiro atoms. The van der Waals surface area contributed by atoms with Gasteiger partial charge in [-0.15, -0.1) is 0 Å². The van der Waals surface area contributed by atoms with Gasteiger partial charge < -0.3 is 28.9 Å². The van der Waals surface area contributed by atoms with Gasteiger partial charge in [0.25, 0.3) is 5.91 Å². The molecule has 1 unspecified atom stereocenters. The normalized spacial score (nSPS) is 15.3. The monoisotopic (exact) mass is 525 g/mol. The van der Waals surface area contributed by atoms with Crippen LogP contribution in [0.15, 0.2) is 42.5 Å². The van der Waals surface area contributed by atoms with E-state index in [0.717, 1.165) is 48.5 Å². The van der Waals surface area contributed by atoms with Gasteiger partial charge in [-0.25, -0.2) is 4.79 Å². The summed E-state index contributed by atoms with van der Waals surface area (Å²) < 4.78 is 16.8. The zero-order valence-electron chi connectivity index (χ0n) is 24.0. The Labute approximate surface area is 227 Å². The van der Waals surface area contributed by atoms with E-state index in [2.05, 4.69) is 11.8 Å². The molecule has 0 radical (unpaired) electrons. The van der Waals surface area contributed by atoms with Crippen molar-refractivity contribution >= 4 is 23.4 Å². The van der Waals surface area contributed by atoms with Crippen LogP contribution in [-0.4, -0.2) is 69.4 Å². The standard InChI is InChI=1S/C30H43N3O5/c1-8-9-18-37-26-13-10-22(11-14-26)28(34)31(5)24-12-15-27(23(19-24)21-36-7)33-17-16-25(20-33)32(6)29(35)38-30(2,3)4/h10-15,19,25H,8-9,16-18,20-21H2,1-7H3. The molecular formula is C30H43N3O5. The van der Waals surface area contributed by atoms with Gasteiger partial charge in [0.1, 0.15) is 11.4 Å². The number of amides is 2. The van der Waals surface area contributed by atoms with Crippen LogP contribution in [0.1, 0.15) is 62.9 Å². The van der Waals surface area contributed by atoms with Crippen molar-refractivity contribution in [3.05, 3.63) is 53.6 Å². The highest BCUT2D eigenvalue weighted by Gasteiger charge is 2.32. The van der Waals surface area contributed by atoms with Gasteiger partial charge in [0.2, 0.25) is 0 Å². The van der Waals surface area contributed by atoms with Gasteiger partial charge in [0, 0.05) is 56.8 Å². The first-order valence-corrected chi connectivity index (χ1v) is 13.4. The fraction of sp³-hybridized carbons (Fsp3) is 0.533. The number of rotatable bonds is 10. The molecule has 0 saturated carbocycles. The van der Waals surface area contributed by atoms with E-state index in [0.29, 0.717) is 25.3 Å². The molecule has 2 amide bonds. The van der Waals surface area contributed by atoms with Crippen molar-refractivity contribution in [1.82, 2.24) is 4.90 Å². The van der Waals surface area contributed by atoms with Crippen molar-refractivity contribution in [2.75, 3.05) is 50.7 Å². The van der Waals surface area contributed by atoms with Crippen LogP contribution in [0.5, 0.6) is 5.75 Å². The molecule has 0 N–H and O–H groups in total. The molecule has 2 aromatic carbocycles. The van der Waals surface area contributed by atoms with Crippen molar-refractivity contribution in [2.24, 2.45) is 0 Å². The molecule has 38 heavy (non-hydrogen) atoms. The van der Waals surface area contributed by atoms with Crippen LogP contribution in [-0.2, 0) is 16.1 Å². The summed E-state index contributed by atoms with van der Waals surface area (Å²) in [5, 5.41) is 0. The maximum Gasteiger partial charge on any atom is 0.410 e. The smallest absolute Gasteiger partial charge is 0.410 e. The zero-order valence-corrected chi connectivity index (χ0v) is 24.0. The van der Waals surface area contributed by atoms with E-state index in [1.807, 2.05) is 51.1 Å². The van der Waals surface area contributed by atoms with E-state index in [4.69, 9.17) is 14.2 Å². The Bertz CT molecular complexity index is 1080. The lowest BCUT2D eigenvalue weighted by atomic mass is 10.1. The van der Waals surface area contributed by atoms with E-state index >= 15 is 0 Å². The number of methoxy groups -OCH3 is 1. The van der Waals surface area contributed by atoms with Gasteiger partial charge in [-0.05, 0) is 76.1 Å². The van der Waals surface area contributed by atoms with Crippen molar-refractivity contribution in [2.45, 2.75) is 65.2 Å². The van der Waals surface area contributed by atoms with Crippen LogP contribution >= 0.6 is 0 Å². The second-order valence-electron chi connectivity index (χ2n) is 10.8. The molecule has 8 heteroatoms. The molecule has 1 heterocycles. The largest absolute Gasteiger partial charge is 0.494 e. The summed E-state index contributed by atoms with van der Waals surface area (Å²) in [6.07, 6.45) is 2.62. The van der Waals surface area contributed by atoms with E-state index in [9.17, 15) is 9.59 Å². The molecule has 1 aliphatic heterocycles. The number of carbonyl (C=O) groups is 2. The Balaban J connectivity index is 1.71. The molecule has 8 nitrogen and oxygen atoms in total. The van der Waals surface area contributed by atoms with Crippen LogP contribution in [0.2, 0.25) is 0 Å². The van der Waals surface area contributed by atoms with E-state index in [1.54, 1.807) is 43.1 Å². The minimum absolute atomic E-state index is 0.0538. The van der Waals surface area contributed by atoms with Crippen molar-refractivity contribution in [3.63, 3.8) is 0 Å². The lowest BCUT2D eigenvalue weighted by Crippen LogP contribution is -2.42. The Kier molecular flexibility index (Phi) is 10.0. The third-order valence-corrected chi connectivity index (χ3v) is 6.66. The van der Waals surface area contributed by atoms with Gasteiger partial charge in [0.05, 0.1) is 19.3 Å². The molecule has 2 aromatic rings. The fourth-order valence-electron chi connectivity index (χ4n) is 4.46. The van der Waals surface area contributed by atoms with Crippen LogP contribution < -0.4 is 14.5 Å². The second kappa shape index (κ2) is 13.0. The van der Waals surface area contributed by atoms with E-state index in [-0.39, 0.29) is 18.0 Å². The Hall–Kier alpha value is -3.26. The summed E-state index contributed by atoms with van der Waals surface area (Å²) in [5.74, 6) is 0.673. The minimum atomic E-state index is -0.529. The lowest BCUT2D eigenvalue weighted by Gasteiger charge is -2.29. The average Bonchev–Trinajstić information content (AvgIpc) is 3.37. The molecule has 0 aromatic heterocycles. The maximum absolute atomic E-state index is 13.2. The number of likely N-dealkylation sites (N-methyl/N-ethyl adjacent to an activating group) is 1. The number of carbonyl (C=O) groups excluding carboxylic acids is 2. The number of unbranched alkanes of at least 4 members (excludes halogenated alkanes) is 1. The van der Waals surface area contributed by atoms with E-state index in [1.165, 1.54) is 0 Å². The number of benzene rings is 2. The average molecular weight is 526 g/mol. The molecule has 3 rings (SSSR count). The lowest BCUT2D eigenvalue weighted by molar-refractivity contribution is 0.0237. The second-order valence-corrected chi connectivity index (χ2v) is 10.8. The summed E-state index contributed by atoms with van der Waals surface area (Å²) in [4.78, 5) is 31.4. The van der Waals surface area contributed by atoms with Crippen molar-refractivity contribution < 1.29 is 23.8 Å². The third kappa shape index (κ3) is 7.63. The number of hydrogen-bond donors (Lipinski definition) is 0. The molecule has 1 saturated heterocycles. The van der Waals surface area contributed by atoms with Gasteiger partial charge in [-0.3, -0.25) is 4.79 Å². The fourth-order valence-corrected chi connectivity index (χ4v) is 4.46. The summed E-state index contributed by atoms with van der Waals surface area (Å²) in [5.41, 5.74) is 2.89. The predicted molar refractivity (Wildman–Crippen MR) is 151 cm³/mol. The summed E-state index contributed by atoms with van der Waals surface area (Å²) >= 11 is 0. The summed E-state index contributed by atoms with van der Waals surface area (Å²) in [6.45, 7) is 10.3. The third-order valence-electron chi connectivity index (χ3n) is 6.66. The number of anilines is 2. The van der Waals surface area contributed by atoms with Crippen LogP contribution in [0, 0.1) is 0 Å². The van der Waals surface area contributed by atoms with Crippen molar-refractivity contribution in [1.29, 1.82) is 0 Å². The number of hydrogen-bond acceptors (Lipinski definition) is 6. The van der Waals surface area contributed by atoms with Gasteiger partial charge in [-0.1, -0.05) is 13.3 Å². The molecule has 1 aliphatic rings. The Morgan fingerprint density at radius 3 is 2.42 bits per heavy atom. The highest BCUT2D eigenvalue weighted by Crippen LogP contribution is 2.31. The van der Waals surface area contributed by atoms with Gasteiger partial charge in [0.15, 0.2) is 0 Å². The van der Waals surface area contributed by atoms with Crippen molar-refractivity contribution in [3.8, 4) is 5.75 Å². The van der Waals surface area contributed by atoms with Crippen LogP contribution in [0.4, 0.5) is 16.2 Å². The SMILES string of the molecule is CCCCOc1ccc(C(=O)N(C)c2ccc(N3CCC(N(C)C(=O)OC(C)(C)C)C3)c(COC)c2)cc1. The molecule has 208 valence electrons. The Morgan fingerprint density at radius 2 is 1.79 bits per heavy atom. The summed E-state index contributed by atoms with van der Waals surface area (Å²) in [7, 11) is 5.24. The summed E-state index contributed by atoms with van der Waals surface area (Å²) in [6, 6.07) is 13.3. The highest BCUT2D eigenvalue weighted by atomic mass is 16.6. The van der Waals surface area contributed by atoms with Crippen LogP contribution in [0.3, 0.4) is 0 Å². The Morgan fingerprint density at radius 1 is 1.08 bits per heavy atom. The van der Waals surface area contributed by atoms with Crippen LogP contribution in [0.25, 0.3) is 0 Å². The molecule has 1 fully saturated rings. The first-order valence-electron chi connectivity index (χ1n) is 13.4. The quantitative estimate of drug-likeness (QED) is 0.369. The number of ether oxygens (including phenoxy) is 3. The maximum atomic E-state index is 13.2. The predicted octanol–water partition coefficient (Wildman–Crippen LogP) is 5.73. The molecule has 0 aliphatic carbocycles. The molecule has 0 bridgehead atoms. The minimum Gasteiger partial charge on any atom is -0.494 e.